The Morgan fingerprint density at radius 2 is 1.00 bits per heavy atom. The zero-order chi connectivity index (χ0) is 20.4. The van der Waals surface area contributed by atoms with Gasteiger partial charge in [0.05, 0.1) is 21.3 Å². The predicted molar refractivity (Wildman–Crippen MR) is 148 cm³/mol. The predicted octanol–water partition coefficient (Wildman–Crippen LogP) is 8.56. The van der Waals surface area contributed by atoms with Crippen molar-refractivity contribution in [1.82, 2.24) is 9.13 Å². The molecule has 0 atom stereocenters. The molecular formula is C28H19IN2S. The van der Waals surface area contributed by atoms with Crippen molar-refractivity contribution >= 4 is 77.6 Å². The lowest BCUT2D eigenvalue weighted by molar-refractivity contribution is 1.18. The van der Waals surface area contributed by atoms with Gasteiger partial charge in [0, 0.05) is 27.5 Å². The summed E-state index contributed by atoms with van der Waals surface area (Å²) in [6, 6.07) is 38.9. The molecule has 0 aliphatic heterocycles. The number of hydrogen-bond acceptors (Lipinski definition) is 1. The first-order valence-corrected chi connectivity index (χ1v) is 11.3. The number of thiophene rings is 1. The molecule has 32 heavy (non-hydrogen) atoms. The SMILES string of the molecule is I.c1ccc(-n2c3ccccc3c3c2sc2c4ccccc4n(-c4ccccc4)c23)cc1. The first-order chi connectivity index (χ1) is 15.4. The van der Waals surface area contributed by atoms with E-state index in [1.54, 1.807) is 0 Å². The third-order valence-corrected chi connectivity index (χ3v) is 7.32. The van der Waals surface area contributed by atoms with Gasteiger partial charge < -0.3 is 9.13 Å². The molecule has 0 amide bonds. The van der Waals surface area contributed by atoms with Crippen LogP contribution < -0.4 is 0 Å². The molecule has 0 aliphatic rings. The van der Waals surface area contributed by atoms with Crippen molar-refractivity contribution in [3.63, 3.8) is 0 Å². The molecule has 7 aromatic rings. The van der Waals surface area contributed by atoms with Crippen molar-refractivity contribution in [2.75, 3.05) is 0 Å². The quantitative estimate of drug-likeness (QED) is 0.194. The third-order valence-electron chi connectivity index (χ3n) is 6.12. The van der Waals surface area contributed by atoms with E-state index in [0.29, 0.717) is 0 Å². The van der Waals surface area contributed by atoms with Crippen LogP contribution in [0.25, 0.3) is 53.6 Å². The molecule has 7 rings (SSSR count). The molecular weight excluding hydrogens is 523 g/mol. The zero-order valence-corrected chi connectivity index (χ0v) is 20.3. The minimum Gasteiger partial charge on any atom is -0.308 e. The average Bonchev–Trinajstić information content (AvgIpc) is 3.46. The summed E-state index contributed by atoms with van der Waals surface area (Å²) in [6.07, 6.45) is 0. The van der Waals surface area contributed by atoms with Gasteiger partial charge in [0.15, 0.2) is 0 Å². The van der Waals surface area contributed by atoms with Crippen molar-refractivity contribution in [3.05, 3.63) is 109 Å². The van der Waals surface area contributed by atoms with Gasteiger partial charge in [-0.1, -0.05) is 72.8 Å². The number of benzene rings is 4. The molecule has 0 radical (unpaired) electrons. The van der Waals surface area contributed by atoms with Crippen LogP contribution in [0.5, 0.6) is 0 Å². The zero-order valence-electron chi connectivity index (χ0n) is 17.1. The Morgan fingerprint density at radius 3 is 1.66 bits per heavy atom. The van der Waals surface area contributed by atoms with E-state index in [1.807, 2.05) is 11.3 Å². The van der Waals surface area contributed by atoms with Crippen LogP contribution in [0, 0.1) is 0 Å². The van der Waals surface area contributed by atoms with Crippen LogP contribution in [-0.4, -0.2) is 9.13 Å². The summed E-state index contributed by atoms with van der Waals surface area (Å²) >= 11 is 1.90. The Labute approximate surface area is 206 Å². The Morgan fingerprint density at radius 1 is 0.500 bits per heavy atom. The lowest BCUT2D eigenvalue weighted by Crippen LogP contribution is -1.92. The molecule has 154 valence electrons. The summed E-state index contributed by atoms with van der Waals surface area (Å²) in [5.74, 6) is 0. The summed E-state index contributed by atoms with van der Waals surface area (Å²) < 4.78 is 6.20. The molecule has 0 bridgehead atoms. The van der Waals surface area contributed by atoms with Gasteiger partial charge in [-0.3, -0.25) is 0 Å². The largest absolute Gasteiger partial charge is 0.308 e. The van der Waals surface area contributed by atoms with Crippen LogP contribution in [0.15, 0.2) is 109 Å². The topological polar surface area (TPSA) is 9.86 Å². The monoisotopic (exact) mass is 542 g/mol. The van der Waals surface area contributed by atoms with Crippen LogP contribution in [0.2, 0.25) is 0 Å². The highest BCUT2D eigenvalue weighted by atomic mass is 127. The maximum Gasteiger partial charge on any atom is 0.111 e. The molecule has 0 saturated carbocycles. The summed E-state index contributed by atoms with van der Waals surface area (Å²) in [6.45, 7) is 0. The lowest BCUT2D eigenvalue weighted by atomic mass is 10.2. The maximum atomic E-state index is 2.44. The van der Waals surface area contributed by atoms with E-state index in [1.165, 1.54) is 53.6 Å². The normalized spacial score (nSPS) is 11.5. The fraction of sp³-hybridized carbons (Fsp3) is 0. The lowest BCUT2D eigenvalue weighted by Gasteiger charge is -2.07. The van der Waals surface area contributed by atoms with Crippen LogP contribution in [0.1, 0.15) is 0 Å². The van der Waals surface area contributed by atoms with Crippen molar-refractivity contribution in [1.29, 1.82) is 0 Å². The molecule has 4 heteroatoms. The minimum atomic E-state index is 0. The van der Waals surface area contributed by atoms with E-state index in [9.17, 15) is 0 Å². The van der Waals surface area contributed by atoms with Gasteiger partial charge in [0.1, 0.15) is 4.83 Å². The first-order valence-electron chi connectivity index (χ1n) is 10.5. The van der Waals surface area contributed by atoms with Crippen molar-refractivity contribution < 1.29 is 0 Å². The van der Waals surface area contributed by atoms with Gasteiger partial charge >= 0.3 is 0 Å². The second-order valence-corrected chi connectivity index (χ2v) is 8.84. The molecule has 0 unspecified atom stereocenters. The number of para-hydroxylation sites is 4. The van der Waals surface area contributed by atoms with Gasteiger partial charge in [-0.2, -0.15) is 0 Å². The van der Waals surface area contributed by atoms with Crippen LogP contribution in [0.3, 0.4) is 0 Å². The Balaban J connectivity index is 0.00000196. The van der Waals surface area contributed by atoms with Gasteiger partial charge in [-0.05, 0) is 36.4 Å². The van der Waals surface area contributed by atoms with E-state index < -0.39 is 0 Å². The van der Waals surface area contributed by atoms with Gasteiger partial charge in [-0.15, -0.1) is 35.3 Å². The fourth-order valence-corrected chi connectivity index (χ4v) is 6.23. The Hall–Kier alpha value is -3.09. The molecule has 0 saturated heterocycles. The van der Waals surface area contributed by atoms with Crippen LogP contribution in [-0.2, 0) is 0 Å². The fourth-order valence-electron chi connectivity index (χ4n) is 4.86. The molecule has 0 N–H and O–H groups in total. The van der Waals surface area contributed by atoms with Crippen LogP contribution >= 0.6 is 35.3 Å². The molecule has 2 nitrogen and oxygen atoms in total. The summed E-state index contributed by atoms with van der Waals surface area (Å²) in [5, 5.41) is 3.94. The van der Waals surface area contributed by atoms with E-state index in [0.717, 1.165) is 0 Å². The maximum absolute atomic E-state index is 2.44. The summed E-state index contributed by atoms with van der Waals surface area (Å²) in [5.41, 5.74) is 6.21. The average molecular weight is 542 g/mol. The molecule has 3 heterocycles. The molecule has 3 aromatic heterocycles. The minimum absolute atomic E-state index is 0. The van der Waals surface area contributed by atoms with E-state index >= 15 is 0 Å². The smallest absolute Gasteiger partial charge is 0.111 e. The Bertz CT molecular complexity index is 1720. The highest BCUT2D eigenvalue weighted by molar-refractivity contribution is 14.0. The van der Waals surface area contributed by atoms with Crippen LogP contribution in [0.4, 0.5) is 0 Å². The number of fused-ring (bicyclic) bond motifs is 7. The van der Waals surface area contributed by atoms with Gasteiger partial charge in [-0.25, -0.2) is 0 Å². The standard InChI is InChI=1S/C28H18N2S.HI/c1-3-11-19(12-4-1)29-24-18-10-8-16-22(24)27-26(29)25-21-15-7-9-17-23(21)30(28(25)31-27)20-13-5-2-6-14-20;/h1-18H;1H. The van der Waals surface area contributed by atoms with E-state index in [2.05, 4.69) is 118 Å². The van der Waals surface area contributed by atoms with Gasteiger partial charge in [0.25, 0.3) is 0 Å². The summed E-state index contributed by atoms with van der Waals surface area (Å²) in [7, 11) is 0. The van der Waals surface area contributed by atoms with Gasteiger partial charge in [0.2, 0.25) is 0 Å². The second kappa shape index (κ2) is 7.50. The molecule has 0 aliphatic carbocycles. The number of aromatic nitrogens is 2. The van der Waals surface area contributed by atoms with Crippen molar-refractivity contribution in [3.8, 4) is 11.4 Å². The van der Waals surface area contributed by atoms with E-state index in [-0.39, 0.29) is 24.0 Å². The van der Waals surface area contributed by atoms with Crippen molar-refractivity contribution in [2.45, 2.75) is 0 Å². The number of hydrogen-bond donors (Lipinski definition) is 0. The number of halogens is 1. The van der Waals surface area contributed by atoms with Crippen molar-refractivity contribution in [2.24, 2.45) is 0 Å². The first kappa shape index (κ1) is 19.6. The highest BCUT2D eigenvalue weighted by Gasteiger charge is 2.23. The highest BCUT2D eigenvalue weighted by Crippen LogP contribution is 2.46. The second-order valence-electron chi connectivity index (χ2n) is 7.84. The third kappa shape index (κ3) is 2.63. The Kier molecular flexibility index (Phi) is 4.59. The molecule has 0 fully saturated rings. The molecule has 4 aromatic carbocycles. The summed E-state index contributed by atoms with van der Waals surface area (Å²) in [4.78, 5) is 1.30. The number of rotatable bonds is 2. The van der Waals surface area contributed by atoms with E-state index in [4.69, 9.17) is 0 Å². The molecule has 0 spiro atoms. The number of nitrogens with zero attached hydrogens (tertiary/aromatic N) is 2.